The Morgan fingerprint density at radius 1 is 1.29 bits per heavy atom. The number of amides is 1. The van der Waals surface area contributed by atoms with Crippen LogP contribution in [0.4, 0.5) is 8.78 Å². The second-order valence-electron chi connectivity index (χ2n) is 7.08. The van der Waals surface area contributed by atoms with E-state index in [1.54, 1.807) is 0 Å². The molecule has 0 spiro atoms. The minimum atomic E-state index is -2.71. The second-order valence-corrected chi connectivity index (χ2v) is 7.08. The molecule has 21 heavy (non-hydrogen) atoms. The first kappa shape index (κ1) is 13.8. The molecule has 0 aromatic heterocycles. The van der Waals surface area contributed by atoms with Crippen molar-refractivity contribution in [1.82, 2.24) is 15.1 Å². The van der Waals surface area contributed by atoms with Gasteiger partial charge >= 0.3 is 0 Å². The van der Waals surface area contributed by atoms with E-state index < -0.39 is 12.5 Å². The molecular formula is C14H22F2N4O. The molecule has 1 saturated carbocycles. The van der Waals surface area contributed by atoms with Crippen molar-refractivity contribution in [3.05, 3.63) is 0 Å². The molecule has 0 aromatic rings. The van der Waals surface area contributed by atoms with Gasteiger partial charge in [-0.2, -0.15) is 0 Å². The summed E-state index contributed by atoms with van der Waals surface area (Å²) in [6, 6.07) is 0.427. The Morgan fingerprint density at radius 3 is 2.62 bits per heavy atom. The molecule has 1 amide bonds. The number of likely N-dealkylation sites (tertiary alicyclic amines) is 2. The molecule has 3 heterocycles. The third-order valence-electron chi connectivity index (χ3n) is 5.69. The summed E-state index contributed by atoms with van der Waals surface area (Å²) in [5, 5.41) is 3.22. The van der Waals surface area contributed by atoms with Gasteiger partial charge in [-0.3, -0.25) is 9.69 Å². The number of nitrogens with zero attached hydrogens (tertiary/aromatic N) is 2. The van der Waals surface area contributed by atoms with Gasteiger partial charge in [0.15, 0.2) is 0 Å². The fraction of sp³-hybridized carbons (Fsp3) is 0.929. The van der Waals surface area contributed by atoms with Gasteiger partial charge in [-0.15, -0.1) is 0 Å². The third-order valence-corrected chi connectivity index (χ3v) is 5.69. The molecule has 118 valence electrons. The smallest absolute Gasteiger partial charge is 0.267 e. The fourth-order valence-electron chi connectivity index (χ4n) is 4.23. The van der Waals surface area contributed by atoms with Crippen LogP contribution in [-0.4, -0.2) is 72.5 Å². The Morgan fingerprint density at radius 2 is 2.00 bits per heavy atom. The molecule has 0 aromatic carbocycles. The van der Waals surface area contributed by atoms with E-state index in [0.717, 1.165) is 26.1 Å². The van der Waals surface area contributed by atoms with Crippen LogP contribution >= 0.6 is 0 Å². The zero-order chi connectivity index (χ0) is 14.8. The van der Waals surface area contributed by atoms with Crippen molar-refractivity contribution in [3.8, 4) is 0 Å². The van der Waals surface area contributed by atoms with Gasteiger partial charge in [0, 0.05) is 44.7 Å². The van der Waals surface area contributed by atoms with E-state index in [4.69, 9.17) is 5.73 Å². The number of piperidine rings is 1. The van der Waals surface area contributed by atoms with Crippen LogP contribution in [0.5, 0.6) is 0 Å². The van der Waals surface area contributed by atoms with E-state index in [1.165, 1.54) is 4.90 Å². The second kappa shape index (κ2) is 4.60. The van der Waals surface area contributed by atoms with E-state index >= 15 is 0 Å². The highest BCUT2D eigenvalue weighted by molar-refractivity contribution is 5.82. The average molecular weight is 300 g/mol. The predicted octanol–water partition coefficient (Wildman–Crippen LogP) is -0.527. The topological polar surface area (TPSA) is 61.6 Å². The van der Waals surface area contributed by atoms with E-state index in [9.17, 15) is 13.6 Å². The normalized spacial score (nSPS) is 45.1. The molecule has 0 radical (unpaired) electrons. The molecule has 7 heteroatoms. The molecule has 4 atom stereocenters. The summed E-state index contributed by atoms with van der Waals surface area (Å²) in [4.78, 5) is 16.0. The van der Waals surface area contributed by atoms with Crippen molar-refractivity contribution < 1.29 is 13.6 Å². The summed E-state index contributed by atoms with van der Waals surface area (Å²) >= 11 is 0. The molecule has 0 unspecified atom stereocenters. The highest BCUT2D eigenvalue weighted by Gasteiger charge is 2.55. The first-order valence-electron chi connectivity index (χ1n) is 7.84. The van der Waals surface area contributed by atoms with Gasteiger partial charge in [-0.05, 0) is 18.3 Å². The van der Waals surface area contributed by atoms with Crippen LogP contribution in [0.1, 0.15) is 12.8 Å². The summed E-state index contributed by atoms with van der Waals surface area (Å²) in [7, 11) is 0. The van der Waals surface area contributed by atoms with Crippen molar-refractivity contribution in [3.63, 3.8) is 0 Å². The SMILES string of the molecule is NC1[C@@H]2CN([C@@H]3CN[C@H](C(=O)N4CCC(F)(F)C4)C3)C[C@@H]12. The Kier molecular flexibility index (Phi) is 3.03. The molecule has 5 nitrogen and oxygen atoms in total. The number of rotatable bonds is 2. The number of carbonyl (C=O) groups excluding carboxylic acids is 1. The Hall–Kier alpha value is -0.790. The van der Waals surface area contributed by atoms with Crippen molar-refractivity contribution in [1.29, 1.82) is 0 Å². The van der Waals surface area contributed by atoms with Crippen molar-refractivity contribution in [2.75, 3.05) is 32.7 Å². The highest BCUT2D eigenvalue weighted by atomic mass is 19.3. The van der Waals surface area contributed by atoms with Crippen LogP contribution in [-0.2, 0) is 4.79 Å². The van der Waals surface area contributed by atoms with Gasteiger partial charge in [0.2, 0.25) is 5.91 Å². The van der Waals surface area contributed by atoms with Gasteiger partial charge in [-0.1, -0.05) is 0 Å². The van der Waals surface area contributed by atoms with Crippen LogP contribution in [0.3, 0.4) is 0 Å². The first-order valence-corrected chi connectivity index (χ1v) is 7.84. The van der Waals surface area contributed by atoms with E-state index in [2.05, 4.69) is 10.2 Å². The van der Waals surface area contributed by atoms with E-state index in [-0.39, 0.29) is 24.9 Å². The van der Waals surface area contributed by atoms with Crippen LogP contribution in [0.2, 0.25) is 0 Å². The minimum absolute atomic E-state index is 0.157. The van der Waals surface area contributed by atoms with E-state index in [0.29, 0.717) is 23.9 Å². The molecular weight excluding hydrogens is 278 g/mol. The quantitative estimate of drug-likeness (QED) is 0.720. The number of hydrogen-bond acceptors (Lipinski definition) is 4. The number of nitrogens with one attached hydrogen (secondary N) is 1. The minimum Gasteiger partial charge on any atom is -0.335 e. The van der Waals surface area contributed by atoms with Gasteiger partial charge in [0.05, 0.1) is 12.6 Å². The van der Waals surface area contributed by atoms with Gasteiger partial charge in [-0.25, -0.2) is 8.78 Å². The van der Waals surface area contributed by atoms with Gasteiger partial charge in [0.1, 0.15) is 0 Å². The van der Waals surface area contributed by atoms with Crippen molar-refractivity contribution in [2.24, 2.45) is 17.6 Å². The maximum absolute atomic E-state index is 13.2. The fourth-order valence-corrected chi connectivity index (χ4v) is 4.23. The first-order chi connectivity index (χ1) is 9.94. The number of hydrogen-bond donors (Lipinski definition) is 2. The largest absolute Gasteiger partial charge is 0.335 e. The Bertz CT molecular complexity index is 448. The molecule has 0 bridgehead atoms. The highest BCUT2D eigenvalue weighted by Crippen LogP contribution is 2.45. The zero-order valence-electron chi connectivity index (χ0n) is 12.0. The molecule has 3 N–H and O–H groups in total. The maximum Gasteiger partial charge on any atom is 0.267 e. The molecule has 3 saturated heterocycles. The van der Waals surface area contributed by atoms with Crippen LogP contribution in [0.25, 0.3) is 0 Å². The third kappa shape index (κ3) is 2.35. The maximum atomic E-state index is 13.2. The lowest BCUT2D eigenvalue weighted by atomic mass is 10.1. The number of carbonyl (C=O) groups is 1. The standard InChI is InChI=1S/C14H22F2N4O/c15-14(16)1-2-19(7-14)13(21)11-3-8(4-18-11)20-5-9-10(6-20)12(9)17/h8-12,18H,1-7,17H2/t8-,9+,10+,11-/m0/s1. The van der Waals surface area contributed by atoms with Gasteiger partial charge < -0.3 is 16.0 Å². The molecule has 3 aliphatic heterocycles. The van der Waals surface area contributed by atoms with Gasteiger partial charge in [0.25, 0.3) is 5.92 Å². The monoisotopic (exact) mass is 300 g/mol. The van der Waals surface area contributed by atoms with Crippen LogP contribution < -0.4 is 11.1 Å². The number of fused-ring (bicyclic) bond motifs is 1. The Balaban J connectivity index is 1.31. The number of nitrogens with two attached hydrogens (primary N) is 1. The van der Waals surface area contributed by atoms with Crippen molar-refractivity contribution in [2.45, 2.75) is 36.9 Å². The van der Waals surface area contributed by atoms with Crippen LogP contribution in [0.15, 0.2) is 0 Å². The number of halogens is 2. The average Bonchev–Trinajstić information content (AvgIpc) is 2.96. The summed E-state index contributed by atoms with van der Waals surface area (Å²) in [5.74, 6) is -1.59. The summed E-state index contributed by atoms with van der Waals surface area (Å²) in [5.41, 5.74) is 5.94. The van der Waals surface area contributed by atoms with E-state index in [1.807, 2.05) is 0 Å². The molecule has 1 aliphatic carbocycles. The van der Waals surface area contributed by atoms with Crippen LogP contribution in [0, 0.1) is 11.8 Å². The lowest BCUT2D eigenvalue weighted by Crippen LogP contribution is -2.43. The number of alkyl halides is 2. The summed E-state index contributed by atoms with van der Waals surface area (Å²) in [6.07, 6.45) is 0.526. The summed E-state index contributed by atoms with van der Waals surface area (Å²) in [6.45, 7) is 2.59. The molecule has 4 fully saturated rings. The predicted molar refractivity (Wildman–Crippen MR) is 72.9 cm³/mol. The summed E-state index contributed by atoms with van der Waals surface area (Å²) < 4.78 is 26.4. The van der Waals surface area contributed by atoms with Crippen molar-refractivity contribution >= 4 is 5.91 Å². The zero-order valence-corrected chi connectivity index (χ0v) is 12.0. The molecule has 4 rings (SSSR count). The Labute approximate surface area is 122 Å². The lowest BCUT2D eigenvalue weighted by molar-refractivity contribution is -0.133. The molecule has 4 aliphatic rings. The lowest BCUT2D eigenvalue weighted by Gasteiger charge is -2.25.